The number of rotatable bonds is 6. The summed E-state index contributed by atoms with van der Waals surface area (Å²) in [6.45, 7) is 2.00. The van der Waals surface area contributed by atoms with Crippen LogP contribution in [0.25, 0.3) is 0 Å². The van der Waals surface area contributed by atoms with Gasteiger partial charge in [-0.2, -0.15) is 0 Å². The highest BCUT2D eigenvalue weighted by molar-refractivity contribution is 5.87. The second kappa shape index (κ2) is 7.26. The molecule has 0 spiro atoms. The summed E-state index contributed by atoms with van der Waals surface area (Å²) in [5.41, 5.74) is 1.04. The van der Waals surface area contributed by atoms with Gasteiger partial charge in [0, 0.05) is 6.54 Å². The molecule has 5 nitrogen and oxygen atoms in total. The van der Waals surface area contributed by atoms with E-state index in [0.717, 1.165) is 5.56 Å². The van der Waals surface area contributed by atoms with E-state index in [4.69, 9.17) is 9.84 Å². The first-order valence-corrected chi connectivity index (χ1v) is 6.88. The van der Waals surface area contributed by atoms with Crippen LogP contribution in [0.15, 0.2) is 54.6 Å². The van der Waals surface area contributed by atoms with Gasteiger partial charge < -0.3 is 15.2 Å². The Morgan fingerprint density at radius 1 is 1.09 bits per heavy atom. The minimum Gasteiger partial charge on any atom is -0.481 e. The maximum atomic E-state index is 12.0. The van der Waals surface area contributed by atoms with Gasteiger partial charge in [0.2, 0.25) is 0 Å². The molecule has 2 aromatic rings. The zero-order valence-corrected chi connectivity index (χ0v) is 12.2. The van der Waals surface area contributed by atoms with Gasteiger partial charge in [0.05, 0.1) is 5.56 Å². The smallest absolute Gasteiger partial charge is 0.335 e. The molecule has 22 heavy (non-hydrogen) atoms. The number of aromatic carboxylic acids is 1. The van der Waals surface area contributed by atoms with Gasteiger partial charge in [-0.1, -0.05) is 30.3 Å². The lowest BCUT2D eigenvalue weighted by atomic mass is 10.1. The Hall–Kier alpha value is -2.82. The molecule has 0 aliphatic rings. The summed E-state index contributed by atoms with van der Waals surface area (Å²) in [6, 6.07) is 15.5. The molecule has 0 bridgehead atoms. The van der Waals surface area contributed by atoms with Crippen molar-refractivity contribution in [2.45, 2.75) is 19.6 Å². The topological polar surface area (TPSA) is 75.6 Å². The van der Waals surface area contributed by atoms with Gasteiger partial charge >= 0.3 is 5.97 Å². The van der Waals surface area contributed by atoms with Gasteiger partial charge in [-0.25, -0.2) is 4.79 Å². The SMILES string of the molecule is C[C@H](Oc1ccccc1)C(=O)NCc1ccc(C(=O)O)cc1. The number of carboxylic acid groups (broad SMARTS) is 1. The van der Waals surface area contributed by atoms with Crippen LogP contribution in [0.3, 0.4) is 0 Å². The van der Waals surface area contributed by atoms with Gasteiger partial charge in [-0.15, -0.1) is 0 Å². The van der Waals surface area contributed by atoms with Gasteiger partial charge in [0.25, 0.3) is 5.91 Å². The average Bonchev–Trinajstić information content (AvgIpc) is 2.53. The molecule has 1 amide bonds. The number of ether oxygens (including phenoxy) is 1. The third kappa shape index (κ3) is 4.34. The molecule has 0 saturated carbocycles. The summed E-state index contributed by atoms with van der Waals surface area (Å²) in [6.07, 6.45) is -0.610. The van der Waals surface area contributed by atoms with Crippen molar-refractivity contribution in [3.05, 3.63) is 65.7 Å². The molecule has 0 saturated heterocycles. The first kappa shape index (κ1) is 15.6. The van der Waals surface area contributed by atoms with E-state index in [0.29, 0.717) is 12.3 Å². The summed E-state index contributed by atoms with van der Waals surface area (Å²) >= 11 is 0. The van der Waals surface area contributed by atoms with Crippen LogP contribution < -0.4 is 10.1 Å². The zero-order valence-electron chi connectivity index (χ0n) is 12.2. The molecule has 2 N–H and O–H groups in total. The highest BCUT2D eigenvalue weighted by Gasteiger charge is 2.14. The van der Waals surface area contributed by atoms with Gasteiger partial charge in [0.15, 0.2) is 6.10 Å². The van der Waals surface area contributed by atoms with Crippen LogP contribution in [0.1, 0.15) is 22.8 Å². The van der Waals surface area contributed by atoms with Crippen molar-refractivity contribution in [3.8, 4) is 5.75 Å². The summed E-state index contributed by atoms with van der Waals surface area (Å²) in [7, 11) is 0. The highest BCUT2D eigenvalue weighted by Crippen LogP contribution is 2.11. The maximum absolute atomic E-state index is 12.0. The van der Waals surface area contributed by atoms with E-state index in [2.05, 4.69) is 5.32 Å². The predicted octanol–water partition coefficient (Wildman–Crippen LogP) is 2.47. The second-order valence-electron chi connectivity index (χ2n) is 4.79. The molecule has 1 atom stereocenters. The van der Waals surface area contributed by atoms with Crippen LogP contribution in [-0.2, 0) is 11.3 Å². The summed E-state index contributed by atoms with van der Waals surface area (Å²) in [5.74, 6) is -0.567. The minimum atomic E-state index is -0.972. The average molecular weight is 299 g/mol. The Morgan fingerprint density at radius 3 is 2.32 bits per heavy atom. The fourth-order valence-electron chi connectivity index (χ4n) is 1.85. The number of carboxylic acids is 1. The van der Waals surface area contributed by atoms with Gasteiger partial charge in [0.1, 0.15) is 5.75 Å². The fourth-order valence-corrected chi connectivity index (χ4v) is 1.85. The quantitative estimate of drug-likeness (QED) is 0.859. The van der Waals surface area contributed by atoms with Crippen molar-refractivity contribution in [2.24, 2.45) is 0 Å². The fraction of sp³-hybridized carbons (Fsp3) is 0.176. The van der Waals surface area contributed by atoms with E-state index >= 15 is 0 Å². The largest absolute Gasteiger partial charge is 0.481 e. The van der Waals surface area contributed by atoms with Crippen molar-refractivity contribution in [1.29, 1.82) is 0 Å². The number of hydrogen-bond donors (Lipinski definition) is 2. The monoisotopic (exact) mass is 299 g/mol. The van der Waals surface area contributed by atoms with Crippen LogP contribution in [0.2, 0.25) is 0 Å². The molecule has 0 aromatic heterocycles. The van der Waals surface area contributed by atoms with Crippen LogP contribution in [0.4, 0.5) is 0 Å². The molecule has 0 radical (unpaired) electrons. The van der Waals surface area contributed by atoms with E-state index in [-0.39, 0.29) is 11.5 Å². The van der Waals surface area contributed by atoms with Gasteiger partial charge in [-0.05, 0) is 36.8 Å². The number of amides is 1. The molecule has 114 valence electrons. The molecule has 0 heterocycles. The van der Waals surface area contributed by atoms with Crippen molar-refractivity contribution in [1.82, 2.24) is 5.32 Å². The third-order valence-electron chi connectivity index (χ3n) is 3.09. The normalized spacial score (nSPS) is 11.5. The molecule has 0 aliphatic carbocycles. The van der Waals surface area contributed by atoms with E-state index in [1.807, 2.05) is 18.2 Å². The molecule has 0 aliphatic heterocycles. The third-order valence-corrected chi connectivity index (χ3v) is 3.09. The van der Waals surface area contributed by atoms with Crippen LogP contribution in [0.5, 0.6) is 5.75 Å². The zero-order chi connectivity index (χ0) is 15.9. The van der Waals surface area contributed by atoms with Crippen molar-refractivity contribution in [3.63, 3.8) is 0 Å². The first-order chi connectivity index (χ1) is 10.6. The second-order valence-corrected chi connectivity index (χ2v) is 4.79. The Labute approximate surface area is 128 Å². The van der Waals surface area contributed by atoms with Crippen LogP contribution >= 0.6 is 0 Å². The Morgan fingerprint density at radius 2 is 1.73 bits per heavy atom. The summed E-state index contributed by atoms with van der Waals surface area (Å²) in [5, 5.41) is 11.6. The molecule has 5 heteroatoms. The van der Waals surface area contributed by atoms with Crippen molar-refractivity contribution in [2.75, 3.05) is 0 Å². The lowest BCUT2D eigenvalue weighted by Gasteiger charge is -2.14. The van der Waals surface area contributed by atoms with Crippen molar-refractivity contribution >= 4 is 11.9 Å². The Balaban J connectivity index is 1.85. The van der Waals surface area contributed by atoms with E-state index in [1.54, 1.807) is 31.2 Å². The minimum absolute atomic E-state index is 0.218. The number of para-hydroxylation sites is 1. The lowest BCUT2D eigenvalue weighted by molar-refractivity contribution is -0.127. The number of carbonyl (C=O) groups excluding carboxylic acids is 1. The molecule has 2 rings (SSSR count). The number of hydrogen-bond acceptors (Lipinski definition) is 3. The van der Waals surface area contributed by atoms with Crippen molar-refractivity contribution < 1.29 is 19.4 Å². The predicted molar refractivity (Wildman–Crippen MR) is 81.8 cm³/mol. The van der Waals surface area contributed by atoms with E-state index in [1.165, 1.54) is 12.1 Å². The van der Waals surface area contributed by atoms with E-state index in [9.17, 15) is 9.59 Å². The Kier molecular flexibility index (Phi) is 5.14. The molecule has 0 fully saturated rings. The molecule has 2 aromatic carbocycles. The molecule has 0 unspecified atom stereocenters. The van der Waals surface area contributed by atoms with Crippen LogP contribution in [-0.4, -0.2) is 23.1 Å². The first-order valence-electron chi connectivity index (χ1n) is 6.88. The molecular formula is C17H17NO4. The number of nitrogens with one attached hydrogen (secondary N) is 1. The van der Waals surface area contributed by atoms with Gasteiger partial charge in [-0.3, -0.25) is 4.79 Å². The lowest BCUT2D eigenvalue weighted by Crippen LogP contribution is -2.35. The number of benzene rings is 2. The number of carbonyl (C=O) groups is 2. The standard InChI is InChI=1S/C17H17NO4/c1-12(22-15-5-3-2-4-6-15)16(19)18-11-13-7-9-14(10-8-13)17(20)21/h2-10,12H,11H2,1H3,(H,18,19)(H,20,21)/t12-/m0/s1. The summed E-state index contributed by atoms with van der Waals surface area (Å²) < 4.78 is 5.53. The highest BCUT2D eigenvalue weighted by atomic mass is 16.5. The Bertz CT molecular complexity index is 637. The maximum Gasteiger partial charge on any atom is 0.335 e. The van der Waals surface area contributed by atoms with E-state index < -0.39 is 12.1 Å². The molecular weight excluding hydrogens is 282 g/mol. The van der Waals surface area contributed by atoms with Crippen LogP contribution in [0, 0.1) is 0 Å². The summed E-state index contributed by atoms with van der Waals surface area (Å²) in [4.78, 5) is 22.7.